The highest BCUT2D eigenvalue weighted by Gasteiger charge is 2.24. The second kappa shape index (κ2) is 10.1. The average molecular weight is 447 g/mol. The van der Waals surface area contributed by atoms with Crippen molar-refractivity contribution >= 4 is 21.6 Å². The molecule has 31 heavy (non-hydrogen) atoms. The Labute approximate surface area is 184 Å². The monoisotopic (exact) mass is 446 g/mol. The number of nitrogens with zero attached hydrogens (tertiary/aromatic N) is 2. The van der Waals surface area contributed by atoms with Crippen LogP contribution >= 0.6 is 0 Å². The van der Waals surface area contributed by atoms with Crippen LogP contribution in [0.3, 0.4) is 0 Å². The van der Waals surface area contributed by atoms with Crippen LogP contribution in [-0.4, -0.2) is 73.2 Å². The summed E-state index contributed by atoms with van der Waals surface area (Å²) in [7, 11) is 1.33. The van der Waals surface area contributed by atoms with E-state index in [1.165, 1.54) is 13.1 Å². The number of likely N-dealkylation sites (N-methyl/N-ethyl adjacent to an activating group) is 1. The summed E-state index contributed by atoms with van der Waals surface area (Å²) in [4.78, 5) is 17.0. The van der Waals surface area contributed by atoms with E-state index in [0.717, 1.165) is 37.5 Å². The SMILES string of the molecule is CNS(=O)(=O)c1cc(C(=O)NCCc2ccc(OC)cc2)ccc1N1CCN(C)CC1. The Hall–Kier alpha value is -2.62. The van der Waals surface area contributed by atoms with Gasteiger partial charge in [-0.15, -0.1) is 0 Å². The van der Waals surface area contributed by atoms with Crippen molar-refractivity contribution in [3.8, 4) is 5.75 Å². The quantitative estimate of drug-likeness (QED) is 0.636. The van der Waals surface area contributed by atoms with E-state index in [9.17, 15) is 13.2 Å². The molecule has 168 valence electrons. The van der Waals surface area contributed by atoms with Gasteiger partial charge in [-0.1, -0.05) is 12.1 Å². The molecule has 0 atom stereocenters. The van der Waals surface area contributed by atoms with E-state index in [2.05, 4.69) is 19.8 Å². The molecule has 0 saturated carbocycles. The molecule has 0 bridgehead atoms. The van der Waals surface area contributed by atoms with E-state index in [-0.39, 0.29) is 10.8 Å². The van der Waals surface area contributed by atoms with E-state index < -0.39 is 10.0 Å². The Balaban J connectivity index is 1.72. The van der Waals surface area contributed by atoms with E-state index in [4.69, 9.17) is 4.74 Å². The zero-order valence-corrected chi connectivity index (χ0v) is 19.0. The Morgan fingerprint density at radius 2 is 1.74 bits per heavy atom. The molecule has 0 spiro atoms. The maximum Gasteiger partial charge on any atom is 0.251 e. The summed E-state index contributed by atoms with van der Waals surface area (Å²) in [6, 6.07) is 12.5. The lowest BCUT2D eigenvalue weighted by Gasteiger charge is -2.35. The van der Waals surface area contributed by atoms with Gasteiger partial charge in [-0.2, -0.15) is 0 Å². The molecule has 1 heterocycles. The molecule has 0 aromatic heterocycles. The number of anilines is 1. The summed E-state index contributed by atoms with van der Waals surface area (Å²) >= 11 is 0. The van der Waals surface area contributed by atoms with Gasteiger partial charge >= 0.3 is 0 Å². The summed E-state index contributed by atoms with van der Waals surface area (Å²) < 4.78 is 32.9. The minimum atomic E-state index is -3.71. The molecule has 8 nitrogen and oxygen atoms in total. The zero-order valence-electron chi connectivity index (χ0n) is 18.2. The summed E-state index contributed by atoms with van der Waals surface area (Å²) in [5.74, 6) is 0.484. The van der Waals surface area contributed by atoms with Crippen molar-refractivity contribution < 1.29 is 17.9 Å². The Morgan fingerprint density at radius 1 is 1.06 bits per heavy atom. The van der Waals surface area contributed by atoms with Gasteiger partial charge in [0.25, 0.3) is 5.91 Å². The molecule has 3 rings (SSSR count). The molecule has 9 heteroatoms. The van der Waals surface area contributed by atoms with Crippen LogP contribution < -0.4 is 19.7 Å². The molecule has 0 unspecified atom stereocenters. The van der Waals surface area contributed by atoms with Crippen LogP contribution in [-0.2, 0) is 16.4 Å². The zero-order chi connectivity index (χ0) is 22.4. The number of benzene rings is 2. The van der Waals surface area contributed by atoms with Gasteiger partial charge < -0.3 is 19.9 Å². The van der Waals surface area contributed by atoms with Gasteiger partial charge in [0, 0.05) is 38.3 Å². The van der Waals surface area contributed by atoms with Crippen LogP contribution in [0.15, 0.2) is 47.4 Å². The lowest BCUT2D eigenvalue weighted by atomic mass is 10.1. The van der Waals surface area contributed by atoms with Crippen LogP contribution in [0.5, 0.6) is 5.75 Å². The van der Waals surface area contributed by atoms with Crippen LogP contribution in [0, 0.1) is 0 Å². The van der Waals surface area contributed by atoms with E-state index in [1.807, 2.05) is 31.3 Å². The number of carbonyl (C=O) groups is 1. The number of methoxy groups -OCH3 is 1. The van der Waals surface area contributed by atoms with Crippen LogP contribution in [0.25, 0.3) is 0 Å². The van der Waals surface area contributed by atoms with Crippen molar-refractivity contribution in [3.05, 3.63) is 53.6 Å². The number of rotatable bonds is 8. The summed E-state index contributed by atoms with van der Waals surface area (Å²) in [5, 5.41) is 2.87. The van der Waals surface area contributed by atoms with Crippen LogP contribution in [0.4, 0.5) is 5.69 Å². The molecular weight excluding hydrogens is 416 g/mol. The second-order valence-electron chi connectivity index (χ2n) is 7.53. The summed E-state index contributed by atoms with van der Waals surface area (Å²) in [6.07, 6.45) is 0.663. The van der Waals surface area contributed by atoms with Crippen molar-refractivity contribution in [2.75, 3.05) is 58.8 Å². The first-order valence-corrected chi connectivity index (χ1v) is 11.7. The van der Waals surface area contributed by atoms with Crippen molar-refractivity contribution in [2.45, 2.75) is 11.3 Å². The fourth-order valence-electron chi connectivity index (χ4n) is 3.50. The molecule has 2 aromatic carbocycles. The van der Waals surface area contributed by atoms with Crippen molar-refractivity contribution in [3.63, 3.8) is 0 Å². The van der Waals surface area contributed by atoms with Gasteiger partial charge in [-0.3, -0.25) is 4.79 Å². The van der Waals surface area contributed by atoms with Gasteiger partial charge in [0.1, 0.15) is 10.6 Å². The summed E-state index contributed by atoms with van der Waals surface area (Å²) in [5.41, 5.74) is 2.02. The number of carbonyl (C=O) groups excluding carboxylic acids is 1. The number of hydrogen-bond donors (Lipinski definition) is 2. The molecule has 1 amide bonds. The average Bonchev–Trinajstić information content (AvgIpc) is 2.79. The number of hydrogen-bond acceptors (Lipinski definition) is 6. The highest BCUT2D eigenvalue weighted by atomic mass is 32.2. The molecule has 1 saturated heterocycles. The second-order valence-corrected chi connectivity index (χ2v) is 9.39. The van der Waals surface area contributed by atoms with Gasteiger partial charge in [0.15, 0.2) is 0 Å². The lowest BCUT2D eigenvalue weighted by molar-refractivity contribution is 0.0954. The third-order valence-corrected chi connectivity index (χ3v) is 6.93. The summed E-state index contributed by atoms with van der Waals surface area (Å²) in [6.45, 7) is 3.62. The first kappa shape index (κ1) is 23.1. The topological polar surface area (TPSA) is 91.0 Å². The molecule has 2 N–H and O–H groups in total. The van der Waals surface area contributed by atoms with Crippen molar-refractivity contribution in [1.82, 2.24) is 14.9 Å². The van der Waals surface area contributed by atoms with Crippen molar-refractivity contribution in [1.29, 1.82) is 0 Å². The molecule has 2 aromatic rings. The maximum atomic E-state index is 12.7. The number of amides is 1. The van der Waals surface area contributed by atoms with E-state index in [0.29, 0.717) is 24.2 Å². The Kier molecular flexibility index (Phi) is 7.53. The molecule has 1 fully saturated rings. The molecular formula is C22H30N4O4S. The highest BCUT2D eigenvalue weighted by molar-refractivity contribution is 7.89. The third-order valence-electron chi connectivity index (χ3n) is 5.48. The van der Waals surface area contributed by atoms with Crippen molar-refractivity contribution in [2.24, 2.45) is 0 Å². The minimum absolute atomic E-state index is 0.127. The molecule has 0 radical (unpaired) electrons. The van der Waals surface area contributed by atoms with Gasteiger partial charge in [0.2, 0.25) is 10.0 Å². The number of piperazine rings is 1. The lowest BCUT2D eigenvalue weighted by Crippen LogP contribution is -2.45. The van der Waals surface area contributed by atoms with Gasteiger partial charge in [0.05, 0.1) is 12.8 Å². The minimum Gasteiger partial charge on any atom is -0.497 e. The predicted octanol–water partition coefficient (Wildman–Crippen LogP) is 1.33. The predicted molar refractivity (Wildman–Crippen MR) is 121 cm³/mol. The number of ether oxygens (including phenoxy) is 1. The first-order valence-electron chi connectivity index (χ1n) is 10.3. The van der Waals surface area contributed by atoms with E-state index >= 15 is 0 Å². The first-order chi connectivity index (χ1) is 14.8. The fourth-order valence-corrected chi connectivity index (χ4v) is 4.48. The standard InChI is InChI=1S/C22H30N4O4S/c1-23-31(28,29)21-16-18(6-9-20(21)26-14-12-25(2)13-15-26)22(27)24-11-10-17-4-7-19(30-3)8-5-17/h4-9,16,23H,10-15H2,1-3H3,(H,24,27). The number of nitrogens with one attached hydrogen (secondary N) is 2. The molecule has 1 aliphatic rings. The number of sulfonamides is 1. The fraction of sp³-hybridized carbons (Fsp3) is 0.409. The Morgan fingerprint density at radius 3 is 2.35 bits per heavy atom. The smallest absolute Gasteiger partial charge is 0.251 e. The van der Waals surface area contributed by atoms with Crippen LogP contribution in [0.2, 0.25) is 0 Å². The normalized spacial score (nSPS) is 15.0. The molecule has 0 aliphatic carbocycles. The van der Waals surface area contributed by atoms with Gasteiger partial charge in [-0.25, -0.2) is 13.1 Å². The largest absolute Gasteiger partial charge is 0.497 e. The van der Waals surface area contributed by atoms with Crippen LogP contribution in [0.1, 0.15) is 15.9 Å². The van der Waals surface area contributed by atoms with Gasteiger partial charge in [-0.05, 0) is 56.4 Å². The Bertz CT molecular complexity index is 1000. The van der Waals surface area contributed by atoms with E-state index in [1.54, 1.807) is 19.2 Å². The maximum absolute atomic E-state index is 12.7. The molecule has 1 aliphatic heterocycles. The third kappa shape index (κ3) is 5.75. The highest BCUT2D eigenvalue weighted by Crippen LogP contribution is 2.27.